The summed E-state index contributed by atoms with van der Waals surface area (Å²) in [6.45, 7) is 0.563. The average Bonchev–Trinajstić information content (AvgIpc) is 2.66. The Kier molecular flexibility index (Phi) is 6.55. The fourth-order valence-electron chi connectivity index (χ4n) is 3.01. The molecule has 3 amide bonds. The van der Waals surface area contributed by atoms with Crippen LogP contribution in [0.15, 0.2) is 24.3 Å². The van der Waals surface area contributed by atoms with E-state index >= 15 is 0 Å². The molecule has 1 fully saturated rings. The third-order valence-electron chi connectivity index (χ3n) is 4.63. The van der Waals surface area contributed by atoms with Crippen LogP contribution in [0.5, 0.6) is 0 Å². The molecule has 0 radical (unpaired) electrons. The molecule has 1 aliphatic rings. The molecule has 1 unspecified atom stereocenters. The Bertz CT molecular complexity index is 729. The molecular formula is C19H25N3O5. The lowest BCUT2D eigenvalue weighted by Crippen LogP contribution is -2.46. The number of aliphatic carboxylic acids is 1. The van der Waals surface area contributed by atoms with E-state index in [0.29, 0.717) is 30.5 Å². The van der Waals surface area contributed by atoms with Crippen LogP contribution < -0.4 is 0 Å². The summed E-state index contributed by atoms with van der Waals surface area (Å²) in [5.74, 6) is -2.21. The van der Waals surface area contributed by atoms with Crippen LogP contribution in [-0.2, 0) is 9.59 Å². The minimum Gasteiger partial charge on any atom is -0.481 e. The van der Waals surface area contributed by atoms with Crippen molar-refractivity contribution >= 4 is 23.7 Å². The molecule has 1 saturated heterocycles. The molecule has 1 N–H and O–H groups in total. The Balaban J connectivity index is 1.97. The first-order valence-electron chi connectivity index (χ1n) is 8.78. The molecule has 1 aromatic carbocycles. The van der Waals surface area contributed by atoms with Gasteiger partial charge in [0.15, 0.2) is 0 Å². The third kappa shape index (κ3) is 5.06. The van der Waals surface area contributed by atoms with E-state index in [9.17, 15) is 19.2 Å². The number of benzene rings is 1. The molecule has 0 saturated carbocycles. The van der Waals surface area contributed by atoms with Gasteiger partial charge in [-0.25, -0.2) is 0 Å². The molecule has 0 spiro atoms. The number of carbonyl (C=O) groups is 4. The molecule has 27 heavy (non-hydrogen) atoms. The molecule has 8 heteroatoms. The Morgan fingerprint density at radius 3 is 2.11 bits per heavy atom. The maximum absolute atomic E-state index is 12.5. The highest BCUT2D eigenvalue weighted by Gasteiger charge is 2.29. The summed E-state index contributed by atoms with van der Waals surface area (Å²) in [6.07, 6.45) is 1.20. The van der Waals surface area contributed by atoms with Gasteiger partial charge in [-0.2, -0.15) is 0 Å². The molecule has 146 valence electrons. The molecule has 2 rings (SSSR count). The SMILES string of the molecule is CN(C)C(=O)c1ccc(C(=O)N(C)CC(=O)N2CCCC(C(=O)O)C2)cc1. The van der Waals surface area contributed by atoms with E-state index in [1.54, 1.807) is 38.4 Å². The molecule has 0 aliphatic carbocycles. The minimum absolute atomic E-state index is 0.121. The first-order chi connectivity index (χ1) is 12.7. The van der Waals surface area contributed by atoms with E-state index in [0.717, 1.165) is 0 Å². The highest BCUT2D eigenvalue weighted by Crippen LogP contribution is 2.17. The van der Waals surface area contributed by atoms with Gasteiger partial charge in [0.1, 0.15) is 0 Å². The topological polar surface area (TPSA) is 98.2 Å². The summed E-state index contributed by atoms with van der Waals surface area (Å²) in [5.41, 5.74) is 0.853. The Morgan fingerprint density at radius 1 is 1.04 bits per heavy atom. The molecule has 1 atom stereocenters. The predicted molar refractivity (Wildman–Crippen MR) is 98.4 cm³/mol. The summed E-state index contributed by atoms with van der Waals surface area (Å²) >= 11 is 0. The van der Waals surface area contributed by atoms with Crippen molar-refractivity contribution in [3.63, 3.8) is 0 Å². The highest BCUT2D eigenvalue weighted by atomic mass is 16.4. The zero-order valence-corrected chi connectivity index (χ0v) is 15.8. The summed E-state index contributed by atoms with van der Waals surface area (Å²) in [7, 11) is 4.82. The van der Waals surface area contributed by atoms with Crippen LogP contribution in [-0.4, -0.2) is 84.3 Å². The minimum atomic E-state index is -0.899. The van der Waals surface area contributed by atoms with Crippen LogP contribution in [0.4, 0.5) is 0 Å². The maximum atomic E-state index is 12.5. The fourth-order valence-corrected chi connectivity index (χ4v) is 3.01. The third-order valence-corrected chi connectivity index (χ3v) is 4.63. The number of piperidine rings is 1. The van der Waals surface area contributed by atoms with Crippen molar-refractivity contribution in [2.45, 2.75) is 12.8 Å². The summed E-state index contributed by atoms with van der Waals surface area (Å²) in [4.78, 5) is 52.2. The van der Waals surface area contributed by atoms with Crippen LogP contribution in [0, 0.1) is 5.92 Å². The lowest BCUT2D eigenvalue weighted by atomic mass is 9.98. The van der Waals surface area contributed by atoms with E-state index < -0.39 is 11.9 Å². The summed E-state index contributed by atoms with van der Waals surface area (Å²) < 4.78 is 0. The number of carboxylic acids is 1. The van der Waals surface area contributed by atoms with E-state index in [1.165, 1.54) is 21.7 Å². The molecule has 1 aromatic rings. The van der Waals surface area contributed by atoms with Crippen LogP contribution in [0.25, 0.3) is 0 Å². The van der Waals surface area contributed by atoms with Gasteiger partial charge in [0, 0.05) is 45.4 Å². The number of nitrogens with zero attached hydrogens (tertiary/aromatic N) is 3. The number of rotatable bonds is 5. The normalized spacial score (nSPS) is 16.6. The van der Waals surface area contributed by atoms with Crippen molar-refractivity contribution < 1.29 is 24.3 Å². The zero-order valence-electron chi connectivity index (χ0n) is 15.8. The van der Waals surface area contributed by atoms with Gasteiger partial charge in [-0.3, -0.25) is 19.2 Å². The number of likely N-dealkylation sites (N-methyl/N-ethyl adjacent to an activating group) is 1. The van der Waals surface area contributed by atoms with E-state index in [4.69, 9.17) is 5.11 Å². The van der Waals surface area contributed by atoms with E-state index in [1.807, 2.05) is 0 Å². The summed E-state index contributed by atoms with van der Waals surface area (Å²) in [6, 6.07) is 6.27. The van der Waals surface area contributed by atoms with Gasteiger partial charge in [0.2, 0.25) is 5.91 Å². The monoisotopic (exact) mass is 375 g/mol. The van der Waals surface area contributed by atoms with Gasteiger partial charge >= 0.3 is 5.97 Å². The predicted octanol–water partition coefficient (Wildman–Crippen LogP) is 0.784. The number of amides is 3. The van der Waals surface area contributed by atoms with Gasteiger partial charge in [0.25, 0.3) is 11.8 Å². The zero-order chi connectivity index (χ0) is 20.1. The Morgan fingerprint density at radius 2 is 1.59 bits per heavy atom. The highest BCUT2D eigenvalue weighted by molar-refractivity contribution is 5.98. The standard InChI is InChI=1S/C19H25N3O5/c1-20(2)17(24)13-6-8-14(9-7-13)18(25)21(3)12-16(23)22-10-4-5-15(11-22)19(26)27/h6-9,15H,4-5,10-12H2,1-3H3,(H,26,27). The largest absolute Gasteiger partial charge is 0.481 e. The van der Waals surface area contributed by atoms with Gasteiger partial charge < -0.3 is 19.8 Å². The maximum Gasteiger partial charge on any atom is 0.308 e. The van der Waals surface area contributed by atoms with Crippen LogP contribution in [0.2, 0.25) is 0 Å². The van der Waals surface area contributed by atoms with Crippen molar-refractivity contribution in [2.24, 2.45) is 5.92 Å². The van der Waals surface area contributed by atoms with Gasteiger partial charge in [-0.15, -0.1) is 0 Å². The fraction of sp³-hybridized carbons (Fsp3) is 0.474. The first kappa shape index (κ1) is 20.4. The quantitative estimate of drug-likeness (QED) is 0.820. The number of likely N-dealkylation sites (tertiary alicyclic amines) is 1. The van der Waals surface area contributed by atoms with Crippen LogP contribution >= 0.6 is 0 Å². The molecule has 8 nitrogen and oxygen atoms in total. The van der Waals surface area contributed by atoms with Crippen LogP contribution in [0.1, 0.15) is 33.6 Å². The van der Waals surface area contributed by atoms with Crippen molar-refractivity contribution in [3.05, 3.63) is 35.4 Å². The molecule has 0 bridgehead atoms. The number of carboxylic acid groups (broad SMARTS) is 1. The van der Waals surface area contributed by atoms with Crippen molar-refractivity contribution in [2.75, 3.05) is 40.8 Å². The first-order valence-corrected chi connectivity index (χ1v) is 8.78. The van der Waals surface area contributed by atoms with Gasteiger partial charge in [-0.05, 0) is 37.1 Å². The average molecular weight is 375 g/mol. The van der Waals surface area contributed by atoms with E-state index in [-0.39, 0.29) is 30.8 Å². The van der Waals surface area contributed by atoms with Crippen molar-refractivity contribution in [1.82, 2.24) is 14.7 Å². The number of hydrogen-bond acceptors (Lipinski definition) is 4. The second kappa shape index (κ2) is 8.66. The smallest absolute Gasteiger partial charge is 0.308 e. The Hall–Kier alpha value is -2.90. The Labute approximate surface area is 158 Å². The van der Waals surface area contributed by atoms with Crippen molar-refractivity contribution in [3.8, 4) is 0 Å². The lowest BCUT2D eigenvalue weighted by molar-refractivity contribution is -0.145. The number of hydrogen-bond donors (Lipinski definition) is 1. The molecule has 1 aliphatic heterocycles. The molecule has 0 aromatic heterocycles. The van der Waals surface area contributed by atoms with Crippen LogP contribution in [0.3, 0.4) is 0 Å². The second-order valence-corrected chi connectivity index (χ2v) is 6.96. The van der Waals surface area contributed by atoms with Gasteiger partial charge in [0.05, 0.1) is 12.5 Å². The second-order valence-electron chi connectivity index (χ2n) is 6.96. The summed E-state index contributed by atoms with van der Waals surface area (Å²) in [5, 5.41) is 9.12. The van der Waals surface area contributed by atoms with Gasteiger partial charge in [-0.1, -0.05) is 0 Å². The molecule has 1 heterocycles. The lowest BCUT2D eigenvalue weighted by Gasteiger charge is -2.32. The van der Waals surface area contributed by atoms with E-state index in [2.05, 4.69) is 0 Å². The number of carbonyl (C=O) groups excluding carboxylic acids is 3. The van der Waals surface area contributed by atoms with Crippen molar-refractivity contribution in [1.29, 1.82) is 0 Å². The molecular weight excluding hydrogens is 350 g/mol.